The summed E-state index contributed by atoms with van der Waals surface area (Å²) < 4.78 is 12.4. The molecule has 9 nitrogen and oxygen atoms in total. The summed E-state index contributed by atoms with van der Waals surface area (Å²) in [6.45, 7) is 0. The zero-order chi connectivity index (χ0) is 31.5. The van der Waals surface area contributed by atoms with Crippen molar-refractivity contribution in [2.45, 2.75) is 74.9 Å². The molecule has 2 aliphatic heterocycles. The van der Waals surface area contributed by atoms with Crippen molar-refractivity contribution in [3.63, 3.8) is 0 Å². The maximum Gasteiger partial charge on any atom is 0.511 e. The van der Waals surface area contributed by atoms with E-state index < -0.39 is 55.4 Å². The second-order valence-electron chi connectivity index (χ2n) is 12.5. The van der Waals surface area contributed by atoms with Gasteiger partial charge in [0.1, 0.15) is 24.9 Å². The molecule has 2 saturated heterocycles. The topological polar surface area (TPSA) is 123 Å². The second-order valence-corrected chi connectivity index (χ2v) is 12.5. The molecule has 2 fully saturated rings. The SMILES string of the molecule is O=C(OC(C1c2ccccc2-c2ccccc21)N1C(O)CCC1O)OC(C1c2ccccc2-c2ccccc21)N1C(O)CCC1O. The van der Waals surface area contributed by atoms with Gasteiger partial charge in [-0.3, -0.25) is 0 Å². The summed E-state index contributed by atoms with van der Waals surface area (Å²) >= 11 is 0. The molecule has 2 heterocycles. The molecule has 0 saturated carbocycles. The number of hydrogen-bond donors (Lipinski definition) is 4. The number of rotatable bonds is 6. The molecule has 0 amide bonds. The zero-order valence-electron chi connectivity index (χ0n) is 25.1. The molecule has 4 aromatic carbocycles. The van der Waals surface area contributed by atoms with Crippen LogP contribution in [0.2, 0.25) is 0 Å². The van der Waals surface area contributed by atoms with Gasteiger partial charge in [-0.2, -0.15) is 0 Å². The van der Waals surface area contributed by atoms with Crippen molar-refractivity contribution in [1.29, 1.82) is 0 Å². The number of carbonyl (C=O) groups excluding carboxylic acids is 1. The van der Waals surface area contributed by atoms with E-state index in [0.29, 0.717) is 25.7 Å². The van der Waals surface area contributed by atoms with Gasteiger partial charge in [-0.05, 0) is 70.2 Å². The zero-order valence-corrected chi connectivity index (χ0v) is 25.1. The van der Waals surface area contributed by atoms with Crippen molar-refractivity contribution >= 4 is 6.16 Å². The molecular weight excluding hydrogens is 584 g/mol. The molecule has 236 valence electrons. The summed E-state index contributed by atoms with van der Waals surface area (Å²) in [7, 11) is 0. The Morgan fingerprint density at radius 1 is 0.500 bits per heavy atom. The summed E-state index contributed by atoms with van der Waals surface area (Å²) in [5.41, 5.74) is 7.62. The fourth-order valence-corrected chi connectivity index (χ4v) is 8.10. The molecular formula is C37H36N2O7. The molecule has 0 aromatic heterocycles. The van der Waals surface area contributed by atoms with Gasteiger partial charge in [-0.15, -0.1) is 0 Å². The first-order valence-electron chi connectivity index (χ1n) is 15.9. The van der Waals surface area contributed by atoms with E-state index >= 15 is 0 Å². The van der Waals surface area contributed by atoms with Gasteiger partial charge < -0.3 is 29.9 Å². The van der Waals surface area contributed by atoms with Crippen LogP contribution in [-0.2, 0) is 9.47 Å². The van der Waals surface area contributed by atoms with Crippen molar-refractivity contribution < 1.29 is 34.7 Å². The molecule has 4 aliphatic rings. The summed E-state index contributed by atoms with van der Waals surface area (Å²) in [6, 6.07) is 31.5. The van der Waals surface area contributed by atoms with E-state index in [9.17, 15) is 25.2 Å². The predicted molar refractivity (Wildman–Crippen MR) is 169 cm³/mol. The highest BCUT2D eigenvalue weighted by Crippen LogP contribution is 2.51. The summed E-state index contributed by atoms with van der Waals surface area (Å²) in [4.78, 5) is 17.0. The van der Waals surface area contributed by atoms with Crippen molar-refractivity contribution in [3.05, 3.63) is 119 Å². The lowest BCUT2D eigenvalue weighted by atomic mass is 9.94. The first kappa shape index (κ1) is 29.3. The lowest BCUT2D eigenvalue weighted by Gasteiger charge is -2.39. The smallest absolute Gasteiger partial charge is 0.414 e. The van der Waals surface area contributed by atoms with E-state index in [0.717, 1.165) is 44.5 Å². The van der Waals surface area contributed by atoms with Gasteiger partial charge in [0.15, 0.2) is 12.5 Å². The Morgan fingerprint density at radius 2 is 0.761 bits per heavy atom. The van der Waals surface area contributed by atoms with E-state index in [4.69, 9.17) is 9.47 Å². The Bertz CT molecular complexity index is 1540. The van der Waals surface area contributed by atoms with E-state index in [1.165, 1.54) is 9.80 Å². The average Bonchev–Trinajstić information content (AvgIpc) is 3.79. The average molecular weight is 621 g/mol. The van der Waals surface area contributed by atoms with E-state index in [1.807, 2.05) is 97.1 Å². The minimum absolute atomic E-state index is 0.316. The van der Waals surface area contributed by atoms with Crippen LogP contribution in [-0.4, -0.2) is 73.7 Å². The Balaban J connectivity index is 1.19. The van der Waals surface area contributed by atoms with Crippen molar-refractivity contribution in [2.75, 3.05) is 0 Å². The second kappa shape index (κ2) is 11.6. The predicted octanol–water partition coefficient (Wildman–Crippen LogP) is 4.88. The molecule has 2 aliphatic carbocycles. The normalized spacial score (nSPS) is 25.5. The molecule has 0 bridgehead atoms. The number of ether oxygens (including phenoxy) is 2. The standard InChI is InChI=1S/C37H36N2O7/c40-29-17-18-30(41)38(29)35(33-25-13-5-1-9-21(25)22-10-2-6-14-26(22)33)45-37(44)46-36(39-31(42)19-20-32(39)43)34-27-15-7-3-11-23(27)24-12-4-8-16-28(24)34/h1-16,29-36,40-43H,17-20H2. The van der Waals surface area contributed by atoms with Gasteiger partial charge in [-0.1, -0.05) is 97.1 Å². The quantitative estimate of drug-likeness (QED) is 0.223. The molecule has 4 N–H and O–H groups in total. The van der Waals surface area contributed by atoms with Gasteiger partial charge in [-0.25, -0.2) is 14.6 Å². The minimum Gasteiger partial charge on any atom is -0.414 e. The van der Waals surface area contributed by atoms with E-state index in [-0.39, 0.29) is 0 Å². The Hall–Kier alpha value is -4.09. The lowest BCUT2D eigenvalue weighted by Crippen LogP contribution is -2.52. The first-order chi connectivity index (χ1) is 22.4. The van der Waals surface area contributed by atoms with Crippen LogP contribution in [0.25, 0.3) is 22.3 Å². The highest BCUT2D eigenvalue weighted by molar-refractivity contribution is 5.80. The number of fused-ring (bicyclic) bond motifs is 6. The van der Waals surface area contributed by atoms with Crippen molar-refractivity contribution in [3.8, 4) is 22.3 Å². The first-order valence-corrected chi connectivity index (χ1v) is 15.9. The lowest BCUT2D eigenvalue weighted by molar-refractivity contribution is -0.184. The minimum atomic E-state index is -1.11. The highest BCUT2D eigenvalue weighted by atomic mass is 16.7. The van der Waals surface area contributed by atoms with Gasteiger partial charge in [0.05, 0.1) is 11.8 Å². The van der Waals surface area contributed by atoms with Gasteiger partial charge >= 0.3 is 6.16 Å². The third-order valence-corrected chi connectivity index (χ3v) is 10.1. The van der Waals surface area contributed by atoms with Crippen LogP contribution in [0.5, 0.6) is 0 Å². The Labute approximate surface area is 266 Å². The largest absolute Gasteiger partial charge is 0.511 e. The molecule has 46 heavy (non-hydrogen) atoms. The van der Waals surface area contributed by atoms with E-state index in [2.05, 4.69) is 0 Å². The Morgan fingerprint density at radius 3 is 1.04 bits per heavy atom. The highest BCUT2D eigenvalue weighted by Gasteiger charge is 2.49. The van der Waals surface area contributed by atoms with Crippen LogP contribution in [0.3, 0.4) is 0 Å². The third kappa shape index (κ3) is 4.66. The maximum absolute atomic E-state index is 14.1. The number of hydrogen-bond acceptors (Lipinski definition) is 9. The number of benzene rings is 4. The summed E-state index contributed by atoms with van der Waals surface area (Å²) in [6.07, 6.45) is -6.15. The van der Waals surface area contributed by atoms with Crippen LogP contribution < -0.4 is 0 Å². The van der Waals surface area contributed by atoms with Crippen molar-refractivity contribution in [2.24, 2.45) is 0 Å². The number of aliphatic hydroxyl groups excluding tert-OH is 4. The van der Waals surface area contributed by atoms with E-state index in [1.54, 1.807) is 0 Å². The van der Waals surface area contributed by atoms with Gasteiger partial charge in [0.25, 0.3) is 0 Å². The Kier molecular flexibility index (Phi) is 7.40. The molecule has 9 heteroatoms. The molecule has 0 radical (unpaired) electrons. The molecule has 4 aromatic rings. The van der Waals surface area contributed by atoms with Crippen LogP contribution >= 0.6 is 0 Å². The summed E-state index contributed by atoms with van der Waals surface area (Å²) in [5, 5.41) is 44.3. The number of carbonyl (C=O) groups is 1. The molecule has 6 atom stereocenters. The molecule has 6 unspecified atom stereocenters. The number of nitrogens with zero attached hydrogens (tertiary/aromatic N) is 2. The van der Waals surface area contributed by atoms with Gasteiger partial charge in [0.2, 0.25) is 0 Å². The van der Waals surface area contributed by atoms with Crippen LogP contribution in [0.1, 0.15) is 59.8 Å². The van der Waals surface area contributed by atoms with Crippen LogP contribution in [0, 0.1) is 0 Å². The molecule has 0 spiro atoms. The monoisotopic (exact) mass is 620 g/mol. The van der Waals surface area contributed by atoms with Crippen molar-refractivity contribution in [1.82, 2.24) is 9.80 Å². The fraction of sp³-hybridized carbons (Fsp3) is 0.324. The number of likely N-dealkylation sites (tertiary alicyclic amines) is 2. The van der Waals surface area contributed by atoms with Crippen LogP contribution in [0.15, 0.2) is 97.1 Å². The summed E-state index contributed by atoms with van der Waals surface area (Å²) in [5.74, 6) is -1.03. The third-order valence-electron chi connectivity index (χ3n) is 10.1. The maximum atomic E-state index is 14.1. The van der Waals surface area contributed by atoms with Gasteiger partial charge in [0, 0.05) is 0 Å². The molecule has 8 rings (SSSR count). The van der Waals surface area contributed by atoms with Crippen LogP contribution in [0.4, 0.5) is 4.79 Å². The number of aliphatic hydroxyl groups is 4. The fourth-order valence-electron chi connectivity index (χ4n) is 8.10.